The summed E-state index contributed by atoms with van der Waals surface area (Å²) >= 11 is 0. The molecule has 0 aliphatic heterocycles. The Kier molecular flexibility index (Phi) is 5.51. The lowest BCUT2D eigenvalue weighted by Gasteiger charge is -2.09. The summed E-state index contributed by atoms with van der Waals surface area (Å²) in [6.45, 7) is 1.06. The van der Waals surface area contributed by atoms with Crippen LogP contribution in [0, 0.1) is 11.6 Å². The molecule has 1 aromatic heterocycles. The van der Waals surface area contributed by atoms with E-state index in [-0.39, 0.29) is 0 Å². The normalized spacial score (nSPS) is 10.5. The molecule has 1 heterocycles. The van der Waals surface area contributed by atoms with Gasteiger partial charge in [0, 0.05) is 19.3 Å². The number of aromatic nitrogens is 2. The van der Waals surface area contributed by atoms with Crippen LogP contribution in [0.25, 0.3) is 0 Å². The molecule has 0 fully saturated rings. The predicted octanol–water partition coefficient (Wildman–Crippen LogP) is 4.02. The van der Waals surface area contributed by atoms with E-state index in [1.165, 1.54) is 17.7 Å². The van der Waals surface area contributed by atoms with Crippen molar-refractivity contribution in [3.63, 3.8) is 0 Å². The maximum atomic E-state index is 13.2. The molecule has 0 spiro atoms. The Morgan fingerprint density at radius 1 is 0.840 bits per heavy atom. The number of nitrogens with one attached hydrogen (secondary N) is 2. The summed E-state index contributed by atoms with van der Waals surface area (Å²) in [5.41, 5.74) is 1.87. The standard InChI is InChI=1S/C19H18F2N4/c20-16-7-6-15(12-17(16)21)13-24-18-9-11-23-19(25-18)22-10-8-14-4-2-1-3-5-14/h1-7,9,11-12H,8,10,13H2,(H2,22,23,24,25). The van der Waals surface area contributed by atoms with Gasteiger partial charge in [0.2, 0.25) is 5.95 Å². The van der Waals surface area contributed by atoms with Crippen molar-refractivity contribution >= 4 is 11.8 Å². The Morgan fingerprint density at radius 2 is 1.68 bits per heavy atom. The van der Waals surface area contributed by atoms with Gasteiger partial charge in [-0.1, -0.05) is 36.4 Å². The number of anilines is 2. The minimum absolute atomic E-state index is 0.345. The van der Waals surface area contributed by atoms with Crippen LogP contribution in [0.5, 0.6) is 0 Å². The van der Waals surface area contributed by atoms with Crippen LogP contribution in [-0.4, -0.2) is 16.5 Å². The first-order chi connectivity index (χ1) is 12.2. The van der Waals surface area contributed by atoms with E-state index in [0.29, 0.717) is 23.9 Å². The van der Waals surface area contributed by atoms with Gasteiger partial charge in [-0.05, 0) is 35.7 Å². The van der Waals surface area contributed by atoms with Gasteiger partial charge in [-0.2, -0.15) is 4.98 Å². The van der Waals surface area contributed by atoms with Crippen molar-refractivity contribution in [3.8, 4) is 0 Å². The third-order valence-corrected chi connectivity index (χ3v) is 3.65. The summed E-state index contributed by atoms with van der Waals surface area (Å²) in [5.74, 6) is -0.575. The Bertz CT molecular complexity index is 825. The van der Waals surface area contributed by atoms with E-state index in [2.05, 4.69) is 32.7 Å². The van der Waals surface area contributed by atoms with Crippen LogP contribution in [0.2, 0.25) is 0 Å². The number of halogens is 2. The molecule has 4 nitrogen and oxygen atoms in total. The minimum atomic E-state index is -0.856. The Morgan fingerprint density at radius 3 is 2.48 bits per heavy atom. The van der Waals surface area contributed by atoms with E-state index < -0.39 is 11.6 Å². The maximum Gasteiger partial charge on any atom is 0.224 e. The zero-order valence-electron chi connectivity index (χ0n) is 13.5. The topological polar surface area (TPSA) is 49.8 Å². The molecule has 0 radical (unpaired) electrons. The van der Waals surface area contributed by atoms with Gasteiger partial charge < -0.3 is 10.6 Å². The van der Waals surface area contributed by atoms with Gasteiger partial charge in [-0.25, -0.2) is 13.8 Å². The second kappa shape index (κ2) is 8.19. The third kappa shape index (κ3) is 4.97. The molecule has 0 saturated carbocycles. The molecular weight excluding hydrogens is 322 g/mol. The average molecular weight is 340 g/mol. The van der Waals surface area contributed by atoms with Crippen LogP contribution in [0.4, 0.5) is 20.5 Å². The molecule has 0 bridgehead atoms. The highest BCUT2D eigenvalue weighted by molar-refractivity contribution is 5.40. The fourth-order valence-electron chi connectivity index (χ4n) is 2.35. The lowest BCUT2D eigenvalue weighted by molar-refractivity contribution is 0.507. The van der Waals surface area contributed by atoms with Crippen LogP contribution in [0.1, 0.15) is 11.1 Å². The quantitative estimate of drug-likeness (QED) is 0.682. The van der Waals surface area contributed by atoms with Gasteiger partial charge >= 0.3 is 0 Å². The summed E-state index contributed by atoms with van der Waals surface area (Å²) in [6, 6.07) is 15.7. The zero-order chi connectivity index (χ0) is 17.5. The van der Waals surface area contributed by atoms with E-state index in [1.807, 2.05) is 18.2 Å². The third-order valence-electron chi connectivity index (χ3n) is 3.65. The van der Waals surface area contributed by atoms with Gasteiger partial charge in [-0.3, -0.25) is 0 Å². The van der Waals surface area contributed by atoms with Crippen LogP contribution in [0.15, 0.2) is 60.8 Å². The lowest BCUT2D eigenvalue weighted by Crippen LogP contribution is -2.09. The fourth-order valence-corrected chi connectivity index (χ4v) is 2.35. The molecule has 3 rings (SSSR count). The molecule has 0 atom stereocenters. The second-order valence-corrected chi connectivity index (χ2v) is 5.53. The molecule has 0 saturated heterocycles. The molecule has 3 aromatic rings. The summed E-state index contributed by atoms with van der Waals surface area (Å²) in [6.07, 6.45) is 2.52. The molecule has 0 amide bonds. The smallest absolute Gasteiger partial charge is 0.224 e. The number of hydrogen-bond acceptors (Lipinski definition) is 4. The van der Waals surface area contributed by atoms with Crippen LogP contribution in [-0.2, 0) is 13.0 Å². The lowest BCUT2D eigenvalue weighted by atomic mass is 10.1. The highest BCUT2D eigenvalue weighted by Gasteiger charge is 2.03. The SMILES string of the molecule is Fc1ccc(CNc2ccnc(NCCc3ccccc3)n2)cc1F. The number of rotatable bonds is 7. The van der Waals surface area contributed by atoms with Crippen molar-refractivity contribution in [3.05, 3.63) is 83.6 Å². The molecule has 2 aromatic carbocycles. The monoisotopic (exact) mass is 340 g/mol. The summed E-state index contributed by atoms with van der Waals surface area (Å²) in [7, 11) is 0. The molecule has 6 heteroatoms. The first-order valence-electron chi connectivity index (χ1n) is 7.99. The first-order valence-corrected chi connectivity index (χ1v) is 7.99. The molecule has 128 valence electrons. The highest BCUT2D eigenvalue weighted by atomic mass is 19.2. The molecule has 25 heavy (non-hydrogen) atoms. The van der Waals surface area contributed by atoms with Crippen molar-refractivity contribution in [2.75, 3.05) is 17.2 Å². The van der Waals surface area contributed by atoms with Gasteiger partial charge in [0.25, 0.3) is 0 Å². The van der Waals surface area contributed by atoms with Gasteiger partial charge in [-0.15, -0.1) is 0 Å². The highest BCUT2D eigenvalue weighted by Crippen LogP contribution is 2.12. The zero-order valence-corrected chi connectivity index (χ0v) is 13.5. The average Bonchev–Trinajstić information content (AvgIpc) is 2.64. The largest absolute Gasteiger partial charge is 0.366 e. The number of nitrogens with zero attached hydrogens (tertiary/aromatic N) is 2. The minimum Gasteiger partial charge on any atom is -0.366 e. The molecular formula is C19H18F2N4. The number of benzene rings is 2. The van der Waals surface area contributed by atoms with Crippen molar-refractivity contribution in [2.24, 2.45) is 0 Å². The second-order valence-electron chi connectivity index (χ2n) is 5.53. The Labute approximate surface area is 145 Å². The van der Waals surface area contributed by atoms with Crippen molar-refractivity contribution in [2.45, 2.75) is 13.0 Å². The van der Waals surface area contributed by atoms with Gasteiger partial charge in [0.05, 0.1) is 0 Å². The number of hydrogen-bond donors (Lipinski definition) is 2. The van der Waals surface area contributed by atoms with E-state index in [1.54, 1.807) is 12.3 Å². The Balaban J connectivity index is 1.53. The van der Waals surface area contributed by atoms with Crippen LogP contribution < -0.4 is 10.6 Å². The molecule has 0 unspecified atom stereocenters. The van der Waals surface area contributed by atoms with Crippen LogP contribution >= 0.6 is 0 Å². The van der Waals surface area contributed by atoms with E-state index in [4.69, 9.17) is 0 Å². The Hall–Kier alpha value is -3.02. The first kappa shape index (κ1) is 16.8. The summed E-state index contributed by atoms with van der Waals surface area (Å²) in [5, 5.41) is 6.25. The summed E-state index contributed by atoms with van der Waals surface area (Å²) < 4.78 is 26.1. The van der Waals surface area contributed by atoms with E-state index in [0.717, 1.165) is 19.0 Å². The van der Waals surface area contributed by atoms with E-state index >= 15 is 0 Å². The van der Waals surface area contributed by atoms with E-state index in [9.17, 15) is 8.78 Å². The summed E-state index contributed by atoms with van der Waals surface area (Å²) in [4.78, 5) is 8.54. The van der Waals surface area contributed by atoms with Gasteiger partial charge in [0.15, 0.2) is 11.6 Å². The van der Waals surface area contributed by atoms with Crippen molar-refractivity contribution < 1.29 is 8.78 Å². The fraction of sp³-hybridized carbons (Fsp3) is 0.158. The maximum absolute atomic E-state index is 13.2. The van der Waals surface area contributed by atoms with Crippen molar-refractivity contribution in [1.82, 2.24) is 9.97 Å². The molecule has 2 N–H and O–H groups in total. The van der Waals surface area contributed by atoms with Gasteiger partial charge in [0.1, 0.15) is 5.82 Å². The molecule has 0 aliphatic carbocycles. The predicted molar refractivity (Wildman–Crippen MR) is 94.4 cm³/mol. The van der Waals surface area contributed by atoms with Crippen molar-refractivity contribution in [1.29, 1.82) is 0 Å². The van der Waals surface area contributed by atoms with Crippen LogP contribution in [0.3, 0.4) is 0 Å². The molecule has 0 aliphatic rings.